The standard InChI is InChI=1S/C16H22N4/c1-4-6-13-15-18-19-16(20(15)10-9-17-13)14-11(2)7-5-8-12(14)3/h5,7-8,13,17H,4,6,9-10H2,1-3H3. The van der Waals surface area contributed by atoms with E-state index in [0.29, 0.717) is 6.04 Å². The Kier molecular flexibility index (Phi) is 3.57. The SMILES string of the molecule is CCCC1NCCn2c(-c3c(C)cccc3C)nnc21. The van der Waals surface area contributed by atoms with E-state index in [0.717, 1.165) is 37.6 Å². The molecule has 1 aromatic carbocycles. The smallest absolute Gasteiger partial charge is 0.164 e. The van der Waals surface area contributed by atoms with Crippen molar-refractivity contribution in [3.05, 3.63) is 35.2 Å². The van der Waals surface area contributed by atoms with Gasteiger partial charge in [-0.1, -0.05) is 31.5 Å². The molecular formula is C16H22N4. The highest BCUT2D eigenvalue weighted by molar-refractivity contribution is 5.64. The molecule has 1 aliphatic heterocycles. The Balaban J connectivity index is 2.09. The van der Waals surface area contributed by atoms with Crippen molar-refractivity contribution in [1.29, 1.82) is 0 Å². The second-order valence-corrected chi connectivity index (χ2v) is 5.60. The fourth-order valence-electron chi connectivity index (χ4n) is 3.11. The summed E-state index contributed by atoms with van der Waals surface area (Å²) in [6.45, 7) is 8.45. The van der Waals surface area contributed by atoms with E-state index in [1.807, 2.05) is 0 Å². The van der Waals surface area contributed by atoms with Gasteiger partial charge in [0.25, 0.3) is 0 Å². The van der Waals surface area contributed by atoms with E-state index in [-0.39, 0.29) is 0 Å². The molecule has 0 fully saturated rings. The summed E-state index contributed by atoms with van der Waals surface area (Å²) in [5, 5.41) is 12.5. The molecule has 0 amide bonds. The lowest BCUT2D eigenvalue weighted by atomic mass is 10.0. The van der Waals surface area contributed by atoms with E-state index in [4.69, 9.17) is 0 Å². The molecule has 106 valence electrons. The van der Waals surface area contributed by atoms with Crippen LogP contribution in [0.2, 0.25) is 0 Å². The number of rotatable bonds is 3. The minimum atomic E-state index is 0.347. The number of nitrogens with zero attached hydrogens (tertiary/aromatic N) is 3. The summed E-state index contributed by atoms with van der Waals surface area (Å²) in [5.41, 5.74) is 3.78. The maximum absolute atomic E-state index is 4.50. The normalized spacial score (nSPS) is 18.1. The first-order chi connectivity index (χ1) is 9.72. The van der Waals surface area contributed by atoms with Gasteiger partial charge in [0.1, 0.15) is 0 Å². The van der Waals surface area contributed by atoms with Crippen molar-refractivity contribution in [3.8, 4) is 11.4 Å². The Morgan fingerprint density at radius 3 is 2.70 bits per heavy atom. The topological polar surface area (TPSA) is 42.7 Å². The number of fused-ring (bicyclic) bond motifs is 1. The van der Waals surface area contributed by atoms with E-state index < -0.39 is 0 Å². The van der Waals surface area contributed by atoms with Crippen LogP contribution in [-0.4, -0.2) is 21.3 Å². The van der Waals surface area contributed by atoms with Crippen LogP contribution < -0.4 is 5.32 Å². The Morgan fingerprint density at radius 2 is 2.00 bits per heavy atom. The predicted molar refractivity (Wildman–Crippen MR) is 80.6 cm³/mol. The third kappa shape index (κ3) is 2.14. The van der Waals surface area contributed by atoms with Crippen molar-refractivity contribution in [3.63, 3.8) is 0 Å². The average molecular weight is 270 g/mol. The van der Waals surface area contributed by atoms with Gasteiger partial charge in [-0.3, -0.25) is 0 Å². The summed E-state index contributed by atoms with van der Waals surface area (Å²) in [7, 11) is 0. The average Bonchev–Trinajstić information content (AvgIpc) is 2.84. The Morgan fingerprint density at radius 1 is 1.25 bits per heavy atom. The number of aromatic nitrogens is 3. The van der Waals surface area contributed by atoms with Crippen molar-refractivity contribution >= 4 is 0 Å². The molecule has 4 nitrogen and oxygen atoms in total. The van der Waals surface area contributed by atoms with Gasteiger partial charge < -0.3 is 9.88 Å². The molecule has 1 unspecified atom stereocenters. The van der Waals surface area contributed by atoms with Gasteiger partial charge in [-0.05, 0) is 31.4 Å². The Hall–Kier alpha value is -1.68. The maximum atomic E-state index is 4.50. The zero-order valence-corrected chi connectivity index (χ0v) is 12.5. The lowest BCUT2D eigenvalue weighted by Crippen LogP contribution is -2.33. The van der Waals surface area contributed by atoms with Crippen LogP contribution in [0.15, 0.2) is 18.2 Å². The number of nitrogens with one attached hydrogen (secondary N) is 1. The molecule has 2 aromatic rings. The van der Waals surface area contributed by atoms with E-state index in [9.17, 15) is 0 Å². The molecule has 1 aliphatic rings. The molecule has 0 saturated heterocycles. The van der Waals surface area contributed by atoms with E-state index in [1.54, 1.807) is 0 Å². The van der Waals surface area contributed by atoms with Gasteiger partial charge in [-0.25, -0.2) is 0 Å². The van der Waals surface area contributed by atoms with Crippen LogP contribution in [0, 0.1) is 13.8 Å². The first-order valence-electron chi connectivity index (χ1n) is 7.45. The third-order valence-corrected chi connectivity index (χ3v) is 4.10. The number of benzene rings is 1. The quantitative estimate of drug-likeness (QED) is 0.932. The summed E-state index contributed by atoms with van der Waals surface area (Å²) in [4.78, 5) is 0. The van der Waals surface area contributed by atoms with Gasteiger partial charge >= 0.3 is 0 Å². The van der Waals surface area contributed by atoms with E-state index in [1.165, 1.54) is 16.7 Å². The Labute approximate surface area is 120 Å². The van der Waals surface area contributed by atoms with Crippen LogP contribution in [0.5, 0.6) is 0 Å². The number of hydrogen-bond donors (Lipinski definition) is 1. The summed E-state index contributed by atoms with van der Waals surface area (Å²) >= 11 is 0. The van der Waals surface area contributed by atoms with Crippen LogP contribution in [0.25, 0.3) is 11.4 Å². The minimum Gasteiger partial charge on any atom is -0.308 e. The maximum Gasteiger partial charge on any atom is 0.164 e. The fourth-order valence-corrected chi connectivity index (χ4v) is 3.11. The monoisotopic (exact) mass is 270 g/mol. The van der Waals surface area contributed by atoms with Crippen molar-refractivity contribution < 1.29 is 0 Å². The second kappa shape index (κ2) is 5.37. The molecule has 1 atom stereocenters. The summed E-state index contributed by atoms with van der Waals surface area (Å²) in [5.74, 6) is 2.12. The lowest BCUT2D eigenvalue weighted by Gasteiger charge is -2.25. The van der Waals surface area contributed by atoms with E-state index in [2.05, 4.69) is 59.1 Å². The molecule has 0 bridgehead atoms. The van der Waals surface area contributed by atoms with Gasteiger partial charge in [-0.15, -0.1) is 10.2 Å². The van der Waals surface area contributed by atoms with Gasteiger partial charge in [0.2, 0.25) is 0 Å². The molecule has 4 heteroatoms. The minimum absolute atomic E-state index is 0.347. The summed E-state index contributed by atoms with van der Waals surface area (Å²) in [6, 6.07) is 6.74. The first-order valence-corrected chi connectivity index (χ1v) is 7.45. The molecule has 3 rings (SSSR count). The van der Waals surface area contributed by atoms with Crippen LogP contribution in [-0.2, 0) is 6.54 Å². The van der Waals surface area contributed by atoms with Crippen LogP contribution in [0.1, 0.15) is 42.8 Å². The largest absolute Gasteiger partial charge is 0.308 e. The molecule has 0 radical (unpaired) electrons. The molecule has 20 heavy (non-hydrogen) atoms. The van der Waals surface area contributed by atoms with Crippen molar-refractivity contribution in [2.75, 3.05) is 6.54 Å². The first kappa shape index (κ1) is 13.3. The molecule has 0 saturated carbocycles. The predicted octanol–water partition coefficient (Wildman–Crippen LogP) is 3.01. The molecule has 1 N–H and O–H groups in total. The van der Waals surface area contributed by atoms with Gasteiger partial charge in [0.15, 0.2) is 11.6 Å². The summed E-state index contributed by atoms with van der Waals surface area (Å²) in [6.07, 6.45) is 2.27. The second-order valence-electron chi connectivity index (χ2n) is 5.60. The van der Waals surface area contributed by atoms with Crippen molar-refractivity contribution in [1.82, 2.24) is 20.1 Å². The van der Waals surface area contributed by atoms with Crippen LogP contribution >= 0.6 is 0 Å². The van der Waals surface area contributed by atoms with Crippen molar-refractivity contribution in [2.24, 2.45) is 0 Å². The molecule has 1 aromatic heterocycles. The highest BCUT2D eigenvalue weighted by atomic mass is 15.3. The number of aryl methyl sites for hydroxylation is 2. The van der Waals surface area contributed by atoms with Crippen LogP contribution in [0.4, 0.5) is 0 Å². The highest BCUT2D eigenvalue weighted by Crippen LogP contribution is 2.29. The molecule has 0 spiro atoms. The number of hydrogen-bond acceptors (Lipinski definition) is 3. The fraction of sp³-hybridized carbons (Fsp3) is 0.500. The van der Waals surface area contributed by atoms with Crippen molar-refractivity contribution in [2.45, 2.75) is 46.2 Å². The lowest BCUT2D eigenvalue weighted by molar-refractivity contribution is 0.394. The van der Waals surface area contributed by atoms with Gasteiger partial charge in [-0.2, -0.15) is 0 Å². The van der Waals surface area contributed by atoms with E-state index >= 15 is 0 Å². The zero-order chi connectivity index (χ0) is 14.1. The molecular weight excluding hydrogens is 248 g/mol. The zero-order valence-electron chi connectivity index (χ0n) is 12.5. The summed E-state index contributed by atoms with van der Waals surface area (Å²) < 4.78 is 2.30. The molecule has 0 aliphatic carbocycles. The molecule has 2 heterocycles. The van der Waals surface area contributed by atoms with Gasteiger partial charge in [0, 0.05) is 18.7 Å². The van der Waals surface area contributed by atoms with Crippen LogP contribution in [0.3, 0.4) is 0 Å². The highest BCUT2D eigenvalue weighted by Gasteiger charge is 2.25. The Bertz CT molecular complexity index is 595. The van der Waals surface area contributed by atoms with Gasteiger partial charge in [0.05, 0.1) is 6.04 Å². The third-order valence-electron chi connectivity index (χ3n) is 4.10.